The lowest BCUT2D eigenvalue weighted by Gasteiger charge is -2.28. The minimum atomic E-state index is 1.02. The Hall–Kier alpha value is -4.36. The molecule has 0 N–H and O–H groups in total. The van der Waals surface area contributed by atoms with E-state index in [4.69, 9.17) is 4.42 Å². The van der Waals surface area contributed by atoms with Crippen molar-refractivity contribution < 1.29 is 4.42 Å². The first-order valence-corrected chi connectivity index (χ1v) is 20.8. The molecule has 0 saturated carbocycles. The molecule has 9 rings (SSSR count). The van der Waals surface area contributed by atoms with Crippen LogP contribution in [0.5, 0.6) is 0 Å². The van der Waals surface area contributed by atoms with Crippen molar-refractivity contribution in [2.75, 3.05) is 0 Å². The largest absolute Gasteiger partial charge is 0.457 e. The highest BCUT2D eigenvalue weighted by atomic mass is 16.3. The molecule has 9 aromatic rings. The van der Waals surface area contributed by atoms with Gasteiger partial charge in [0.2, 0.25) is 0 Å². The molecular formula is C40H40B16O. The van der Waals surface area contributed by atoms with Gasteiger partial charge in [-0.1, -0.05) is 109 Å². The minimum Gasteiger partial charge on any atom is -0.457 e. The molecule has 254 valence electrons. The number of hydrogen-bond acceptors (Lipinski definition) is 1. The SMILES string of the molecule is Bc1c(B)c(B)c2c(oc3c(B)c(B)c(B)c(-c4c5ccccc5c(-c5c(B)c6c(B)c(B)c(B)c(B)c6c6c(B)c(B)c(B)c(B)c56)c5ccccc45)c32)c1B. The van der Waals surface area contributed by atoms with E-state index in [1.165, 1.54) is 164 Å². The summed E-state index contributed by atoms with van der Waals surface area (Å²) in [6.45, 7) is 0. The minimum absolute atomic E-state index is 1.02. The van der Waals surface area contributed by atoms with Crippen LogP contribution in [0.4, 0.5) is 0 Å². The highest BCUT2D eigenvalue weighted by molar-refractivity contribution is 6.74. The maximum Gasteiger partial charge on any atom is 0.143 e. The van der Waals surface area contributed by atoms with Gasteiger partial charge < -0.3 is 4.42 Å². The second kappa shape index (κ2) is 13.1. The third-order valence-electron chi connectivity index (χ3n) is 15.5. The van der Waals surface area contributed by atoms with Gasteiger partial charge in [0.25, 0.3) is 0 Å². The third-order valence-corrected chi connectivity index (χ3v) is 15.5. The van der Waals surface area contributed by atoms with E-state index in [9.17, 15) is 0 Å². The van der Waals surface area contributed by atoms with Gasteiger partial charge in [-0.15, -0.1) is 27.3 Å². The topological polar surface area (TPSA) is 13.1 Å². The van der Waals surface area contributed by atoms with E-state index in [1.807, 2.05) is 0 Å². The highest BCUT2D eigenvalue weighted by Gasteiger charge is 2.29. The second-order valence-electron chi connectivity index (χ2n) is 17.6. The van der Waals surface area contributed by atoms with Gasteiger partial charge in [0.15, 0.2) is 0 Å². The summed E-state index contributed by atoms with van der Waals surface area (Å²) in [5.41, 5.74) is 28.9. The van der Waals surface area contributed by atoms with Crippen LogP contribution in [0, 0.1) is 0 Å². The maximum atomic E-state index is 7.03. The lowest BCUT2D eigenvalue weighted by atomic mass is 9.58. The van der Waals surface area contributed by atoms with Crippen LogP contribution >= 0.6 is 0 Å². The van der Waals surface area contributed by atoms with Gasteiger partial charge in [-0.2, -0.15) is 0 Å². The summed E-state index contributed by atoms with van der Waals surface area (Å²) in [6, 6.07) is 18.5. The van der Waals surface area contributed by atoms with E-state index in [-0.39, 0.29) is 0 Å². The third kappa shape index (κ3) is 4.87. The van der Waals surface area contributed by atoms with Crippen LogP contribution in [0.1, 0.15) is 0 Å². The van der Waals surface area contributed by atoms with Crippen LogP contribution in [0.3, 0.4) is 0 Å². The molecule has 0 aliphatic heterocycles. The standard InChI is InChI=1S/C40H40B16O/c41-23-15(17-18(26(44)31(49)30(48)25(17)43)19-21(23)28(46)33(51)32(50)27(19)45)13-9-5-1-3-7-11(9)14(12-8-4-2-6-10(12)13)16-20-22-29(47)34(52)36(54)38(56)40(22)57-39(20)37(55)35(53)24(16)42/h1-8H,41-56H2. The van der Waals surface area contributed by atoms with E-state index in [1.54, 1.807) is 0 Å². The molecule has 0 amide bonds. The van der Waals surface area contributed by atoms with E-state index in [0.29, 0.717) is 0 Å². The average Bonchev–Trinajstić information content (AvgIpc) is 3.61. The van der Waals surface area contributed by atoms with Crippen molar-refractivity contribution in [1.82, 2.24) is 0 Å². The van der Waals surface area contributed by atoms with Crippen molar-refractivity contribution in [3.63, 3.8) is 0 Å². The van der Waals surface area contributed by atoms with Gasteiger partial charge in [0.1, 0.15) is 137 Å². The Morgan fingerprint density at radius 2 is 0.526 bits per heavy atom. The molecular weight excluding hydrogens is 669 g/mol. The molecule has 1 nitrogen and oxygen atoms in total. The fourth-order valence-corrected chi connectivity index (χ4v) is 10.9. The summed E-state index contributed by atoms with van der Waals surface area (Å²) >= 11 is 0. The fourth-order valence-electron chi connectivity index (χ4n) is 10.9. The molecule has 57 heavy (non-hydrogen) atoms. The van der Waals surface area contributed by atoms with E-state index < -0.39 is 0 Å². The van der Waals surface area contributed by atoms with Crippen molar-refractivity contribution in [3.8, 4) is 22.3 Å². The zero-order valence-electron chi connectivity index (χ0n) is 37.0. The lowest BCUT2D eigenvalue weighted by Crippen LogP contribution is -2.51. The molecule has 8 aromatic carbocycles. The number of benzene rings is 8. The lowest BCUT2D eigenvalue weighted by molar-refractivity contribution is 0.675. The molecule has 0 radical (unpaired) electrons. The highest BCUT2D eigenvalue weighted by Crippen LogP contribution is 2.46. The summed E-state index contributed by atoms with van der Waals surface area (Å²) in [7, 11) is 37.0. The average molecular weight is 710 g/mol. The summed E-state index contributed by atoms with van der Waals surface area (Å²) < 4.78 is 7.03. The predicted molar refractivity (Wildman–Crippen MR) is 305 cm³/mol. The van der Waals surface area contributed by atoms with Gasteiger partial charge in [-0.05, 0) is 65.3 Å². The monoisotopic (exact) mass is 712 g/mol. The van der Waals surface area contributed by atoms with Crippen LogP contribution in [0.2, 0.25) is 0 Å². The van der Waals surface area contributed by atoms with Crippen LogP contribution < -0.4 is 87.4 Å². The van der Waals surface area contributed by atoms with Gasteiger partial charge >= 0.3 is 0 Å². The first-order chi connectivity index (χ1) is 27.0. The summed E-state index contributed by atoms with van der Waals surface area (Å²) in [4.78, 5) is 0. The van der Waals surface area contributed by atoms with Crippen LogP contribution in [0.15, 0.2) is 52.9 Å². The van der Waals surface area contributed by atoms with Gasteiger partial charge in [-0.25, -0.2) is 0 Å². The van der Waals surface area contributed by atoms with E-state index >= 15 is 0 Å². The fraction of sp³-hybridized carbons (Fsp3) is 0. The second-order valence-corrected chi connectivity index (χ2v) is 17.6. The molecule has 0 aliphatic carbocycles. The summed E-state index contributed by atoms with van der Waals surface area (Å²) in [5.74, 6) is 0. The number of hydrogen-bond donors (Lipinski definition) is 0. The normalized spacial score (nSPS) is 11.9. The Labute approximate surface area is 351 Å². The van der Waals surface area contributed by atoms with Crippen molar-refractivity contribution in [3.05, 3.63) is 48.5 Å². The molecule has 1 aromatic heterocycles. The zero-order chi connectivity index (χ0) is 40.8. The Balaban J connectivity index is 1.58. The smallest absolute Gasteiger partial charge is 0.143 e. The van der Waals surface area contributed by atoms with Crippen molar-refractivity contribution in [2.24, 2.45) is 0 Å². The molecule has 0 spiro atoms. The van der Waals surface area contributed by atoms with Crippen LogP contribution in [0.25, 0.3) is 87.3 Å². The predicted octanol–water partition coefficient (Wildman–Crippen LogP) is -16.3. The molecule has 17 heteroatoms. The first-order valence-electron chi connectivity index (χ1n) is 20.8. The molecule has 0 fully saturated rings. The van der Waals surface area contributed by atoms with Crippen molar-refractivity contribution >= 4 is 278 Å². The van der Waals surface area contributed by atoms with Crippen LogP contribution in [-0.4, -0.2) is 126 Å². The van der Waals surface area contributed by atoms with Gasteiger partial charge in [0, 0.05) is 10.8 Å². The van der Waals surface area contributed by atoms with E-state index in [2.05, 4.69) is 174 Å². The number of rotatable bonds is 2. The van der Waals surface area contributed by atoms with Gasteiger partial charge in [-0.3, -0.25) is 0 Å². The quantitative estimate of drug-likeness (QED) is 0.0989. The molecule has 1 heterocycles. The summed E-state index contributed by atoms with van der Waals surface area (Å²) in [6.07, 6.45) is 0. The molecule has 0 unspecified atom stereocenters. The Bertz CT molecular complexity index is 3310. The molecule has 0 aliphatic rings. The number of furan rings is 1. The molecule has 0 bridgehead atoms. The number of fused-ring (bicyclic) bond motifs is 8. The van der Waals surface area contributed by atoms with E-state index in [0.717, 1.165) is 11.2 Å². The van der Waals surface area contributed by atoms with Crippen LogP contribution in [-0.2, 0) is 0 Å². The maximum absolute atomic E-state index is 7.03. The van der Waals surface area contributed by atoms with Crippen molar-refractivity contribution in [1.29, 1.82) is 0 Å². The Kier molecular flexibility index (Phi) is 8.76. The van der Waals surface area contributed by atoms with Gasteiger partial charge in [0.05, 0.1) is 0 Å². The molecule has 0 atom stereocenters. The zero-order valence-corrected chi connectivity index (χ0v) is 37.0. The Morgan fingerprint density at radius 1 is 0.228 bits per heavy atom. The van der Waals surface area contributed by atoms with Crippen molar-refractivity contribution in [2.45, 2.75) is 0 Å². The Morgan fingerprint density at radius 3 is 0.965 bits per heavy atom. The molecule has 0 saturated heterocycles. The first kappa shape index (κ1) is 38.2. The summed E-state index contributed by atoms with van der Waals surface area (Å²) in [5, 5.41) is 13.3.